The van der Waals surface area contributed by atoms with Crippen molar-refractivity contribution in [2.24, 2.45) is 0 Å². The van der Waals surface area contributed by atoms with Gasteiger partial charge in [-0.15, -0.1) is 0 Å². The molecule has 11 heteroatoms. The molecule has 0 bridgehead atoms. The van der Waals surface area contributed by atoms with Gasteiger partial charge in [-0.1, -0.05) is 31.9 Å². The highest BCUT2D eigenvalue weighted by molar-refractivity contribution is 9.10. The molecule has 2 rings (SSSR count). The van der Waals surface area contributed by atoms with Crippen molar-refractivity contribution in [1.29, 1.82) is 0 Å². The molecule has 0 spiro atoms. The van der Waals surface area contributed by atoms with Crippen LogP contribution in [0.2, 0.25) is 0 Å². The molecule has 0 radical (unpaired) electrons. The van der Waals surface area contributed by atoms with Gasteiger partial charge >= 0.3 is 5.69 Å². The second-order valence-electron chi connectivity index (χ2n) is 4.83. The van der Waals surface area contributed by atoms with Crippen LogP contribution < -0.4 is 5.32 Å². The molecule has 0 heterocycles. The maximum atomic E-state index is 12.6. The van der Waals surface area contributed by atoms with E-state index in [1.54, 1.807) is 12.1 Å². The van der Waals surface area contributed by atoms with Crippen LogP contribution in [0, 0.1) is 26.0 Å². The highest BCUT2D eigenvalue weighted by atomic mass is 79.9. The number of anilines is 1. The number of hydrogen-bond donors (Lipinski definition) is 1. The van der Waals surface area contributed by atoms with Gasteiger partial charge in [0.1, 0.15) is 11.5 Å². The van der Waals surface area contributed by atoms with Gasteiger partial charge in [0.25, 0.3) is 5.69 Å². The van der Waals surface area contributed by atoms with Crippen LogP contribution in [0.15, 0.2) is 45.3 Å². The van der Waals surface area contributed by atoms with Gasteiger partial charge in [-0.05, 0) is 31.2 Å². The predicted octanol–water partition coefficient (Wildman–Crippen LogP) is 4.85. The number of nitrogens with one attached hydrogen (secondary N) is 1. The molecule has 8 nitrogen and oxygen atoms in total. The van der Waals surface area contributed by atoms with E-state index in [0.29, 0.717) is 14.6 Å². The first-order valence-electron chi connectivity index (χ1n) is 6.88. The quantitative estimate of drug-likeness (QED) is 0.471. The Bertz CT molecular complexity index is 848. The molecule has 1 N–H and O–H groups in total. The van der Waals surface area contributed by atoms with Gasteiger partial charge in [-0.2, -0.15) is 4.39 Å². The van der Waals surface area contributed by atoms with Crippen LogP contribution in [0.1, 0.15) is 6.92 Å². The first-order valence-corrected chi connectivity index (χ1v) is 8.47. The van der Waals surface area contributed by atoms with Crippen LogP contribution in [-0.4, -0.2) is 22.2 Å². The van der Waals surface area contributed by atoms with Crippen molar-refractivity contribution >= 4 is 54.7 Å². The lowest BCUT2D eigenvalue weighted by atomic mass is 10.2. The van der Waals surface area contributed by atoms with E-state index in [-0.39, 0.29) is 18.0 Å². The Labute approximate surface area is 164 Å². The molecule has 0 aliphatic rings. The summed E-state index contributed by atoms with van der Waals surface area (Å²) in [6, 6.07) is 8.20. The molecule has 2 aromatic rings. The van der Waals surface area contributed by atoms with Crippen molar-refractivity contribution in [3.05, 3.63) is 71.4 Å². The van der Waals surface area contributed by atoms with Crippen LogP contribution in [0.4, 0.5) is 21.5 Å². The lowest BCUT2D eigenvalue weighted by molar-refractivity contribution is -0.387. The van der Waals surface area contributed by atoms with E-state index in [9.17, 15) is 29.4 Å². The van der Waals surface area contributed by atoms with Gasteiger partial charge in [0.15, 0.2) is 0 Å². The molecular weight excluding hydrogens is 481 g/mol. The van der Waals surface area contributed by atoms with Gasteiger partial charge in [0, 0.05) is 21.1 Å². The third kappa shape index (κ3) is 6.84. The molecule has 138 valence electrons. The Morgan fingerprint density at radius 3 is 2.00 bits per heavy atom. The number of hydrogen-bond acceptors (Lipinski definition) is 6. The molecule has 0 atom stereocenters. The Kier molecular flexibility index (Phi) is 8.26. The van der Waals surface area contributed by atoms with Crippen molar-refractivity contribution in [2.45, 2.75) is 6.92 Å². The minimum atomic E-state index is -0.821. The zero-order valence-corrected chi connectivity index (χ0v) is 16.4. The van der Waals surface area contributed by atoms with Crippen LogP contribution in [-0.2, 0) is 4.79 Å². The number of rotatable bonds is 5. The number of carbonyl (C=O) groups is 1. The summed E-state index contributed by atoms with van der Waals surface area (Å²) >= 11 is 6.14. The van der Waals surface area contributed by atoms with E-state index in [1.165, 1.54) is 19.1 Å². The maximum Gasteiger partial charge on any atom is 0.305 e. The smallest absolute Gasteiger partial charge is 0.305 e. The molecule has 0 fully saturated rings. The first kappa shape index (κ1) is 21.6. The van der Waals surface area contributed by atoms with Gasteiger partial charge < -0.3 is 5.32 Å². The van der Waals surface area contributed by atoms with E-state index in [2.05, 4.69) is 37.2 Å². The van der Waals surface area contributed by atoms with Gasteiger partial charge in [-0.3, -0.25) is 25.0 Å². The van der Waals surface area contributed by atoms with Crippen LogP contribution in [0.3, 0.4) is 0 Å². The van der Waals surface area contributed by atoms with Crippen LogP contribution >= 0.6 is 31.9 Å². The van der Waals surface area contributed by atoms with E-state index >= 15 is 0 Å². The molecule has 0 aliphatic carbocycles. The summed E-state index contributed by atoms with van der Waals surface area (Å²) in [5, 5.41) is 23.5. The van der Waals surface area contributed by atoms with E-state index in [1.807, 2.05) is 0 Å². The molecule has 0 aromatic heterocycles. The number of nitro benzene ring substituents is 2. The molecule has 0 saturated heterocycles. The molecule has 0 amide bonds. The van der Waals surface area contributed by atoms with Crippen molar-refractivity contribution in [2.75, 3.05) is 11.9 Å². The summed E-state index contributed by atoms with van der Waals surface area (Å²) < 4.78 is 13.7. The summed E-state index contributed by atoms with van der Waals surface area (Å²) in [7, 11) is 0. The summed E-state index contributed by atoms with van der Waals surface area (Å²) in [5.74, 6) is -0.898. The first-order chi connectivity index (χ1) is 12.1. The largest absolute Gasteiger partial charge is 0.372 e. The number of carbonyl (C=O) groups excluding carboxylic acids is 1. The van der Waals surface area contributed by atoms with E-state index < -0.39 is 21.4 Å². The molecular formula is C15H12Br2FN3O5. The number of Topliss-reactive ketones (excluding diaryl/α,β-unsaturated/α-hetero) is 1. The van der Waals surface area contributed by atoms with Gasteiger partial charge in [0.2, 0.25) is 5.82 Å². The second kappa shape index (κ2) is 9.92. The molecule has 0 saturated carbocycles. The van der Waals surface area contributed by atoms with Gasteiger partial charge in [0.05, 0.1) is 16.4 Å². The predicted molar refractivity (Wildman–Crippen MR) is 101 cm³/mol. The summed E-state index contributed by atoms with van der Waals surface area (Å²) in [5.41, 5.74) is -0.219. The summed E-state index contributed by atoms with van der Waals surface area (Å²) in [6.07, 6.45) is 0. The SMILES string of the molecule is CC(=O)CNc1ccc(Br)cc1[N+](=O)[O-].O=[N+]([O-])c1cc(Br)ccc1F. The standard InChI is InChI=1S/C9H9BrN2O3.C6H3BrFNO2/c1-6(13)5-11-8-3-2-7(10)4-9(8)12(14)15;7-4-1-2-5(8)6(3-4)9(10)11/h2-4,11H,5H2,1H3;1-3H. The fourth-order valence-corrected chi connectivity index (χ4v) is 2.35. The van der Waals surface area contributed by atoms with Crippen LogP contribution in [0.5, 0.6) is 0 Å². The number of benzene rings is 2. The number of halogens is 3. The minimum absolute atomic E-state index is 0.0503. The Balaban J connectivity index is 0.000000273. The fraction of sp³-hybridized carbons (Fsp3) is 0.133. The van der Waals surface area contributed by atoms with Crippen LogP contribution in [0.25, 0.3) is 0 Å². The Morgan fingerprint density at radius 1 is 1.04 bits per heavy atom. The van der Waals surface area contributed by atoms with Crippen molar-refractivity contribution in [1.82, 2.24) is 0 Å². The topological polar surface area (TPSA) is 115 Å². The third-order valence-electron chi connectivity index (χ3n) is 2.79. The van der Waals surface area contributed by atoms with Crippen molar-refractivity contribution in [3.63, 3.8) is 0 Å². The Morgan fingerprint density at radius 2 is 1.54 bits per heavy atom. The lowest BCUT2D eigenvalue weighted by Gasteiger charge is -2.04. The summed E-state index contributed by atoms with van der Waals surface area (Å²) in [4.78, 5) is 30.3. The molecule has 0 aliphatic heterocycles. The number of nitro groups is 2. The Hall–Kier alpha value is -2.40. The molecule has 2 aromatic carbocycles. The highest BCUT2D eigenvalue weighted by Gasteiger charge is 2.14. The minimum Gasteiger partial charge on any atom is -0.372 e. The zero-order valence-electron chi connectivity index (χ0n) is 13.2. The zero-order chi connectivity index (χ0) is 19.9. The maximum absolute atomic E-state index is 12.6. The number of ketones is 1. The number of nitrogens with zero attached hydrogens (tertiary/aromatic N) is 2. The highest BCUT2D eigenvalue weighted by Crippen LogP contribution is 2.27. The normalized spacial score (nSPS) is 9.69. The third-order valence-corrected chi connectivity index (χ3v) is 3.78. The molecule has 26 heavy (non-hydrogen) atoms. The fourth-order valence-electron chi connectivity index (χ4n) is 1.65. The monoisotopic (exact) mass is 491 g/mol. The summed E-state index contributed by atoms with van der Waals surface area (Å²) in [6.45, 7) is 1.50. The molecule has 0 unspecified atom stereocenters. The van der Waals surface area contributed by atoms with E-state index in [0.717, 1.165) is 12.1 Å². The van der Waals surface area contributed by atoms with Crippen molar-refractivity contribution in [3.8, 4) is 0 Å². The van der Waals surface area contributed by atoms with Crippen molar-refractivity contribution < 1.29 is 19.0 Å². The van der Waals surface area contributed by atoms with E-state index in [4.69, 9.17) is 0 Å². The average molecular weight is 493 g/mol. The lowest BCUT2D eigenvalue weighted by Crippen LogP contribution is -2.11. The van der Waals surface area contributed by atoms with Gasteiger partial charge in [-0.25, -0.2) is 0 Å². The second-order valence-corrected chi connectivity index (χ2v) is 6.66. The average Bonchev–Trinajstić information content (AvgIpc) is 2.56.